The number of carboxylic acids is 1. The van der Waals surface area contributed by atoms with Gasteiger partial charge < -0.3 is 16.2 Å². The van der Waals surface area contributed by atoms with Crippen molar-refractivity contribution in [1.82, 2.24) is 5.32 Å². The van der Waals surface area contributed by atoms with Crippen LogP contribution in [0.4, 0.5) is 0 Å². The van der Waals surface area contributed by atoms with Crippen LogP contribution in [0, 0.1) is 0 Å². The molecular formula is C10H20N2O3. The Morgan fingerprint density at radius 2 is 1.80 bits per heavy atom. The van der Waals surface area contributed by atoms with Crippen molar-refractivity contribution in [2.45, 2.75) is 38.5 Å². The molecule has 0 spiro atoms. The molecule has 5 nitrogen and oxygen atoms in total. The Bertz CT molecular complexity index is 195. The Balaban J connectivity index is 3.16. The normalized spacial score (nSPS) is 9.93. The largest absolute Gasteiger partial charge is 0.481 e. The first-order valence-corrected chi connectivity index (χ1v) is 5.35. The maximum atomic E-state index is 11.1. The van der Waals surface area contributed by atoms with Crippen molar-refractivity contribution < 1.29 is 14.7 Å². The molecule has 0 saturated heterocycles. The van der Waals surface area contributed by atoms with E-state index in [4.69, 9.17) is 10.8 Å². The lowest BCUT2D eigenvalue weighted by molar-refractivity contribution is -0.137. The average molecular weight is 216 g/mol. The predicted molar refractivity (Wildman–Crippen MR) is 57.4 cm³/mol. The smallest absolute Gasteiger partial charge is 0.303 e. The molecule has 0 unspecified atom stereocenters. The van der Waals surface area contributed by atoms with Gasteiger partial charge in [0, 0.05) is 19.4 Å². The molecule has 0 heterocycles. The summed E-state index contributed by atoms with van der Waals surface area (Å²) in [7, 11) is 0. The molecule has 88 valence electrons. The zero-order valence-corrected chi connectivity index (χ0v) is 9.00. The van der Waals surface area contributed by atoms with Crippen molar-refractivity contribution in [2.24, 2.45) is 5.73 Å². The molecule has 0 aromatic heterocycles. The second-order valence-corrected chi connectivity index (χ2v) is 3.45. The van der Waals surface area contributed by atoms with Gasteiger partial charge in [-0.25, -0.2) is 0 Å². The fourth-order valence-electron chi connectivity index (χ4n) is 1.16. The Morgan fingerprint density at radius 3 is 2.40 bits per heavy atom. The fourth-order valence-corrected chi connectivity index (χ4v) is 1.16. The molecule has 4 N–H and O–H groups in total. The van der Waals surface area contributed by atoms with Crippen LogP contribution in [-0.4, -0.2) is 30.1 Å². The molecule has 1 amide bonds. The summed E-state index contributed by atoms with van der Waals surface area (Å²) < 4.78 is 0. The van der Waals surface area contributed by atoms with Crippen LogP contribution < -0.4 is 11.1 Å². The van der Waals surface area contributed by atoms with E-state index in [9.17, 15) is 9.59 Å². The molecule has 0 saturated carbocycles. The quantitative estimate of drug-likeness (QED) is 0.489. The number of nitrogens with one attached hydrogen (secondary N) is 1. The van der Waals surface area contributed by atoms with Gasteiger partial charge in [0.25, 0.3) is 0 Å². The van der Waals surface area contributed by atoms with Gasteiger partial charge in [-0.1, -0.05) is 6.42 Å². The number of amides is 1. The van der Waals surface area contributed by atoms with Crippen molar-refractivity contribution in [1.29, 1.82) is 0 Å². The number of nitrogens with two attached hydrogens (primary N) is 1. The topological polar surface area (TPSA) is 92.4 Å². The fraction of sp³-hybridized carbons (Fsp3) is 0.800. The van der Waals surface area contributed by atoms with E-state index in [0.717, 1.165) is 12.8 Å². The molecule has 0 fully saturated rings. The maximum absolute atomic E-state index is 11.1. The third-order valence-corrected chi connectivity index (χ3v) is 2.00. The highest BCUT2D eigenvalue weighted by atomic mass is 16.4. The second-order valence-electron chi connectivity index (χ2n) is 3.45. The Morgan fingerprint density at radius 1 is 1.07 bits per heavy atom. The van der Waals surface area contributed by atoms with Crippen molar-refractivity contribution >= 4 is 11.9 Å². The molecule has 0 aliphatic heterocycles. The van der Waals surface area contributed by atoms with Gasteiger partial charge in [0.2, 0.25) is 5.91 Å². The summed E-state index contributed by atoms with van der Waals surface area (Å²) in [4.78, 5) is 21.3. The number of aliphatic carboxylic acids is 1. The molecule has 5 heteroatoms. The van der Waals surface area contributed by atoms with Gasteiger partial charge in [-0.15, -0.1) is 0 Å². The molecule has 0 aromatic carbocycles. The van der Waals surface area contributed by atoms with Crippen molar-refractivity contribution in [3.05, 3.63) is 0 Å². The van der Waals surface area contributed by atoms with Crippen LogP contribution >= 0.6 is 0 Å². The van der Waals surface area contributed by atoms with Crippen LogP contribution in [0.1, 0.15) is 38.5 Å². The highest BCUT2D eigenvalue weighted by Crippen LogP contribution is 1.98. The van der Waals surface area contributed by atoms with Gasteiger partial charge in [-0.2, -0.15) is 0 Å². The van der Waals surface area contributed by atoms with Gasteiger partial charge in [0.05, 0.1) is 0 Å². The molecule has 0 radical (unpaired) electrons. The predicted octanol–water partition coefficient (Wildman–Crippen LogP) is 0.486. The lowest BCUT2D eigenvalue weighted by Gasteiger charge is -2.03. The number of rotatable bonds is 9. The number of carbonyl (C=O) groups excluding carboxylic acids is 1. The van der Waals surface area contributed by atoms with Crippen LogP contribution in [0.2, 0.25) is 0 Å². The molecule has 0 aromatic rings. The van der Waals surface area contributed by atoms with Crippen LogP contribution in [0.25, 0.3) is 0 Å². The Labute approximate surface area is 90.0 Å². The van der Waals surface area contributed by atoms with E-state index in [1.54, 1.807) is 0 Å². The van der Waals surface area contributed by atoms with Crippen LogP contribution in [-0.2, 0) is 9.59 Å². The van der Waals surface area contributed by atoms with Crippen molar-refractivity contribution in [2.75, 3.05) is 13.1 Å². The van der Waals surface area contributed by atoms with Gasteiger partial charge in [0.15, 0.2) is 0 Å². The first-order chi connectivity index (χ1) is 7.16. The van der Waals surface area contributed by atoms with Gasteiger partial charge in [-0.3, -0.25) is 9.59 Å². The summed E-state index contributed by atoms with van der Waals surface area (Å²) in [6, 6.07) is 0. The van der Waals surface area contributed by atoms with E-state index < -0.39 is 5.97 Å². The Hall–Kier alpha value is -1.10. The standard InChI is InChI=1S/C10H20N2O3/c11-7-4-5-9(13)12-8-3-1-2-6-10(14)15/h1-8,11H2,(H,12,13)(H,14,15). The third-order valence-electron chi connectivity index (χ3n) is 2.00. The highest BCUT2D eigenvalue weighted by molar-refractivity contribution is 5.75. The van der Waals surface area contributed by atoms with Crippen molar-refractivity contribution in [3.63, 3.8) is 0 Å². The van der Waals surface area contributed by atoms with E-state index >= 15 is 0 Å². The van der Waals surface area contributed by atoms with Gasteiger partial charge in [-0.05, 0) is 25.8 Å². The minimum atomic E-state index is -0.762. The Kier molecular flexibility index (Phi) is 8.76. The number of carbonyl (C=O) groups is 2. The third kappa shape index (κ3) is 10.8. The number of unbranched alkanes of at least 4 members (excludes halogenated alkanes) is 2. The zero-order chi connectivity index (χ0) is 11.5. The van der Waals surface area contributed by atoms with E-state index in [2.05, 4.69) is 5.32 Å². The SMILES string of the molecule is NCCCC(=O)NCCCCCC(=O)O. The number of hydrogen-bond acceptors (Lipinski definition) is 3. The van der Waals surface area contributed by atoms with Gasteiger partial charge >= 0.3 is 5.97 Å². The molecule has 0 rings (SSSR count). The first kappa shape index (κ1) is 13.9. The van der Waals surface area contributed by atoms with Crippen LogP contribution in [0.3, 0.4) is 0 Å². The summed E-state index contributed by atoms with van der Waals surface area (Å²) in [6.07, 6.45) is 3.75. The number of carboxylic acid groups (broad SMARTS) is 1. The molecule has 0 aliphatic rings. The number of hydrogen-bond donors (Lipinski definition) is 3. The monoisotopic (exact) mass is 216 g/mol. The van der Waals surface area contributed by atoms with E-state index in [1.165, 1.54) is 0 Å². The zero-order valence-electron chi connectivity index (χ0n) is 9.00. The lowest BCUT2D eigenvalue weighted by Crippen LogP contribution is -2.24. The molecular weight excluding hydrogens is 196 g/mol. The summed E-state index contributed by atoms with van der Waals surface area (Å²) in [5.41, 5.74) is 5.26. The molecule has 15 heavy (non-hydrogen) atoms. The van der Waals surface area contributed by atoms with Crippen LogP contribution in [0.15, 0.2) is 0 Å². The van der Waals surface area contributed by atoms with E-state index in [0.29, 0.717) is 32.4 Å². The van der Waals surface area contributed by atoms with Crippen molar-refractivity contribution in [3.8, 4) is 0 Å². The lowest BCUT2D eigenvalue weighted by atomic mass is 10.2. The average Bonchev–Trinajstić information content (AvgIpc) is 2.19. The summed E-state index contributed by atoms with van der Waals surface area (Å²) >= 11 is 0. The minimum absolute atomic E-state index is 0.0266. The molecule has 0 aliphatic carbocycles. The first-order valence-electron chi connectivity index (χ1n) is 5.35. The molecule has 0 bridgehead atoms. The minimum Gasteiger partial charge on any atom is -0.481 e. The van der Waals surface area contributed by atoms with E-state index in [1.807, 2.05) is 0 Å². The van der Waals surface area contributed by atoms with Crippen LogP contribution in [0.5, 0.6) is 0 Å². The van der Waals surface area contributed by atoms with Gasteiger partial charge in [0.1, 0.15) is 0 Å². The molecule has 0 atom stereocenters. The van der Waals surface area contributed by atoms with E-state index in [-0.39, 0.29) is 12.3 Å². The summed E-state index contributed by atoms with van der Waals surface area (Å²) in [5, 5.41) is 11.1. The highest BCUT2D eigenvalue weighted by Gasteiger charge is 1.99. The summed E-state index contributed by atoms with van der Waals surface area (Å²) in [6.45, 7) is 1.16. The second kappa shape index (κ2) is 9.45. The summed E-state index contributed by atoms with van der Waals surface area (Å²) in [5.74, 6) is -0.735. The maximum Gasteiger partial charge on any atom is 0.303 e.